The Morgan fingerprint density at radius 2 is 2.07 bits per heavy atom. The normalized spacial score (nSPS) is 26.9. The molecular formula is C21H26N4O4. The SMILES string of the molecule is Nc1ncnc2c1C(=O)N(C1=CCC(C3CCC(CC(=O)O)CC3)C=C1)CCO2. The number of fused-ring (bicyclic) bond motifs is 1. The van der Waals surface area contributed by atoms with E-state index >= 15 is 0 Å². The highest BCUT2D eigenvalue weighted by atomic mass is 16.5. The summed E-state index contributed by atoms with van der Waals surface area (Å²) < 4.78 is 5.59. The summed E-state index contributed by atoms with van der Waals surface area (Å²) >= 11 is 0. The monoisotopic (exact) mass is 398 g/mol. The van der Waals surface area contributed by atoms with Gasteiger partial charge in [0.2, 0.25) is 5.88 Å². The van der Waals surface area contributed by atoms with E-state index in [1.807, 2.05) is 6.08 Å². The lowest BCUT2D eigenvalue weighted by Gasteiger charge is -2.33. The van der Waals surface area contributed by atoms with Crippen molar-refractivity contribution in [2.45, 2.75) is 38.5 Å². The second-order valence-electron chi connectivity index (χ2n) is 8.01. The van der Waals surface area contributed by atoms with Crippen LogP contribution in [0.2, 0.25) is 0 Å². The van der Waals surface area contributed by atoms with Crippen LogP contribution in [0.4, 0.5) is 5.82 Å². The maximum Gasteiger partial charge on any atom is 0.303 e. The van der Waals surface area contributed by atoms with Crippen molar-refractivity contribution >= 4 is 17.7 Å². The van der Waals surface area contributed by atoms with Crippen LogP contribution in [0.1, 0.15) is 48.9 Å². The molecule has 0 aromatic carbocycles. The Morgan fingerprint density at radius 3 is 2.76 bits per heavy atom. The number of anilines is 1. The number of carboxylic acids is 1. The first-order chi connectivity index (χ1) is 14.0. The minimum atomic E-state index is -0.697. The predicted molar refractivity (Wildman–Crippen MR) is 106 cm³/mol. The van der Waals surface area contributed by atoms with Gasteiger partial charge in [-0.25, -0.2) is 9.97 Å². The van der Waals surface area contributed by atoms with Gasteiger partial charge in [-0.3, -0.25) is 9.59 Å². The van der Waals surface area contributed by atoms with E-state index in [0.29, 0.717) is 30.9 Å². The van der Waals surface area contributed by atoms with Crippen molar-refractivity contribution in [1.29, 1.82) is 0 Å². The van der Waals surface area contributed by atoms with Crippen LogP contribution in [-0.4, -0.2) is 45.0 Å². The number of carbonyl (C=O) groups excluding carboxylic acids is 1. The molecule has 4 rings (SSSR count). The first-order valence-corrected chi connectivity index (χ1v) is 10.2. The molecule has 8 heteroatoms. The molecule has 154 valence electrons. The number of hydrogen-bond acceptors (Lipinski definition) is 6. The molecule has 3 N–H and O–H groups in total. The van der Waals surface area contributed by atoms with Crippen molar-refractivity contribution < 1.29 is 19.4 Å². The molecule has 29 heavy (non-hydrogen) atoms. The fourth-order valence-corrected chi connectivity index (χ4v) is 4.65. The average molecular weight is 398 g/mol. The van der Waals surface area contributed by atoms with Crippen molar-refractivity contribution in [3.63, 3.8) is 0 Å². The smallest absolute Gasteiger partial charge is 0.303 e. The molecule has 2 aliphatic carbocycles. The fraction of sp³-hybridized carbons (Fsp3) is 0.524. The van der Waals surface area contributed by atoms with Gasteiger partial charge in [-0.1, -0.05) is 12.2 Å². The van der Waals surface area contributed by atoms with Crippen LogP contribution in [0.3, 0.4) is 0 Å². The van der Waals surface area contributed by atoms with E-state index in [9.17, 15) is 9.59 Å². The Kier molecular flexibility index (Phi) is 5.51. The molecule has 8 nitrogen and oxygen atoms in total. The van der Waals surface area contributed by atoms with Gasteiger partial charge < -0.3 is 20.5 Å². The van der Waals surface area contributed by atoms with Crippen molar-refractivity contribution in [2.75, 3.05) is 18.9 Å². The molecule has 1 unspecified atom stereocenters. The predicted octanol–water partition coefficient (Wildman–Crippen LogP) is 2.63. The maximum absolute atomic E-state index is 13.0. The van der Waals surface area contributed by atoms with Gasteiger partial charge in [0.25, 0.3) is 5.91 Å². The zero-order chi connectivity index (χ0) is 20.4. The molecule has 1 fully saturated rings. The maximum atomic E-state index is 13.0. The number of aliphatic carboxylic acids is 1. The lowest BCUT2D eigenvalue weighted by molar-refractivity contribution is -0.138. The van der Waals surface area contributed by atoms with Gasteiger partial charge in [0, 0.05) is 12.1 Å². The standard InChI is InChI=1S/C21H26N4O4/c22-19-18-20(24-12-23-19)29-10-9-25(21(18)28)16-7-5-15(6-8-16)14-3-1-13(2-4-14)11-17(26)27/h5,7-8,12-15H,1-4,6,9-11H2,(H,26,27)(H2,22,23,24). The van der Waals surface area contributed by atoms with E-state index in [1.165, 1.54) is 6.33 Å². The number of nitrogens with two attached hydrogens (primary N) is 1. The van der Waals surface area contributed by atoms with Crippen LogP contribution in [0, 0.1) is 17.8 Å². The summed E-state index contributed by atoms with van der Waals surface area (Å²) in [4.78, 5) is 33.6. The Labute approximate surface area is 169 Å². The highest BCUT2D eigenvalue weighted by Gasteiger charge is 2.32. The van der Waals surface area contributed by atoms with E-state index in [0.717, 1.165) is 37.8 Å². The minimum absolute atomic E-state index is 0.128. The average Bonchev–Trinajstić information content (AvgIpc) is 2.88. The molecule has 1 amide bonds. The third kappa shape index (κ3) is 4.11. The number of nitrogens with zero attached hydrogens (tertiary/aromatic N) is 3. The minimum Gasteiger partial charge on any atom is -0.481 e. The summed E-state index contributed by atoms with van der Waals surface area (Å²) in [6.07, 6.45) is 12.9. The zero-order valence-electron chi connectivity index (χ0n) is 16.3. The van der Waals surface area contributed by atoms with Crippen LogP contribution in [-0.2, 0) is 4.79 Å². The van der Waals surface area contributed by atoms with Crippen molar-refractivity contribution in [2.24, 2.45) is 17.8 Å². The second-order valence-corrected chi connectivity index (χ2v) is 8.01. The van der Waals surface area contributed by atoms with Crippen LogP contribution < -0.4 is 10.5 Å². The number of allylic oxidation sites excluding steroid dienone is 3. The lowest BCUT2D eigenvalue weighted by atomic mass is 9.73. The summed E-state index contributed by atoms with van der Waals surface area (Å²) in [5.41, 5.74) is 6.97. The van der Waals surface area contributed by atoms with E-state index in [-0.39, 0.29) is 29.6 Å². The van der Waals surface area contributed by atoms with Gasteiger partial charge in [-0.05, 0) is 55.9 Å². The highest BCUT2D eigenvalue weighted by molar-refractivity contribution is 6.01. The molecule has 0 spiro atoms. The van der Waals surface area contributed by atoms with E-state index in [1.54, 1.807) is 4.90 Å². The van der Waals surface area contributed by atoms with Crippen LogP contribution in [0.5, 0.6) is 5.88 Å². The molecule has 3 aliphatic rings. The third-order valence-corrected chi connectivity index (χ3v) is 6.24. The van der Waals surface area contributed by atoms with E-state index in [2.05, 4.69) is 22.1 Å². The summed E-state index contributed by atoms with van der Waals surface area (Å²) in [5, 5.41) is 8.98. The molecule has 2 heterocycles. The number of ether oxygens (including phenoxy) is 1. The highest BCUT2D eigenvalue weighted by Crippen LogP contribution is 2.39. The molecule has 0 radical (unpaired) electrons. The van der Waals surface area contributed by atoms with Crippen molar-refractivity contribution in [3.8, 4) is 5.88 Å². The number of hydrogen-bond donors (Lipinski definition) is 2. The Hall–Kier alpha value is -2.90. The summed E-state index contributed by atoms with van der Waals surface area (Å²) in [6, 6.07) is 0. The molecule has 0 saturated heterocycles. The van der Waals surface area contributed by atoms with E-state index in [4.69, 9.17) is 15.6 Å². The van der Waals surface area contributed by atoms with Crippen LogP contribution in [0.25, 0.3) is 0 Å². The number of carboxylic acid groups (broad SMARTS) is 1. The topological polar surface area (TPSA) is 119 Å². The largest absolute Gasteiger partial charge is 0.481 e. The van der Waals surface area contributed by atoms with Gasteiger partial charge in [0.05, 0.1) is 6.54 Å². The number of nitrogen functional groups attached to an aromatic ring is 1. The second kappa shape index (κ2) is 8.23. The molecule has 1 aromatic rings. The molecule has 1 aromatic heterocycles. The van der Waals surface area contributed by atoms with Crippen LogP contribution >= 0.6 is 0 Å². The third-order valence-electron chi connectivity index (χ3n) is 6.24. The molecule has 0 bridgehead atoms. The van der Waals surface area contributed by atoms with Gasteiger partial charge in [0.1, 0.15) is 24.3 Å². The van der Waals surface area contributed by atoms with Crippen molar-refractivity contribution in [3.05, 3.63) is 35.8 Å². The number of aromatic nitrogens is 2. The quantitative estimate of drug-likeness (QED) is 0.800. The summed E-state index contributed by atoms with van der Waals surface area (Å²) in [7, 11) is 0. The molecule has 1 atom stereocenters. The van der Waals surface area contributed by atoms with Gasteiger partial charge in [0.15, 0.2) is 0 Å². The Balaban J connectivity index is 1.40. The van der Waals surface area contributed by atoms with E-state index < -0.39 is 5.97 Å². The molecular weight excluding hydrogens is 372 g/mol. The molecule has 1 aliphatic heterocycles. The first-order valence-electron chi connectivity index (χ1n) is 10.2. The number of amides is 1. The summed E-state index contributed by atoms with van der Waals surface area (Å²) in [5.74, 6) is 0.747. The van der Waals surface area contributed by atoms with Crippen LogP contribution in [0.15, 0.2) is 30.3 Å². The van der Waals surface area contributed by atoms with Crippen molar-refractivity contribution in [1.82, 2.24) is 14.9 Å². The number of rotatable bonds is 4. The molecule has 1 saturated carbocycles. The first kappa shape index (κ1) is 19.4. The van der Waals surface area contributed by atoms with Gasteiger partial charge in [-0.15, -0.1) is 0 Å². The number of carbonyl (C=O) groups is 2. The Morgan fingerprint density at radius 1 is 1.28 bits per heavy atom. The van der Waals surface area contributed by atoms with Gasteiger partial charge >= 0.3 is 5.97 Å². The van der Waals surface area contributed by atoms with Gasteiger partial charge in [-0.2, -0.15) is 0 Å². The lowest BCUT2D eigenvalue weighted by Crippen LogP contribution is -2.33. The Bertz CT molecular complexity index is 858. The fourth-order valence-electron chi connectivity index (χ4n) is 4.65. The zero-order valence-corrected chi connectivity index (χ0v) is 16.3. The summed E-state index contributed by atoms with van der Waals surface area (Å²) in [6.45, 7) is 0.771.